The molecule has 5 heteroatoms. The van der Waals surface area contributed by atoms with Crippen LogP contribution in [-0.2, 0) is 16.8 Å². The van der Waals surface area contributed by atoms with Gasteiger partial charge in [0.05, 0.1) is 0 Å². The Balaban J connectivity index is 1.63. The lowest BCUT2D eigenvalue weighted by Crippen LogP contribution is -2.29. The second kappa shape index (κ2) is 6.22. The molecule has 0 atom stereocenters. The summed E-state index contributed by atoms with van der Waals surface area (Å²) < 4.78 is 11.2. The molecule has 2 saturated carbocycles. The van der Waals surface area contributed by atoms with E-state index in [0.717, 1.165) is 43.6 Å². The SMILES string of the molecule is COC1(c2noc(CCNC3CC3)n2)CCCCCC1. The summed E-state index contributed by atoms with van der Waals surface area (Å²) in [6.07, 6.45) is 10.3. The molecule has 2 fully saturated rings. The second-order valence-corrected chi connectivity index (χ2v) is 6.10. The Hall–Kier alpha value is -0.940. The van der Waals surface area contributed by atoms with Crippen LogP contribution < -0.4 is 5.32 Å². The van der Waals surface area contributed by atoms with Gasteiger partial charge in [-0.25, -0.2) is 0 Å². The van der Waals surface area contributed by atoms with Crippen LogP contribution >= 0.6 is 0 Å². The predicted molar refractivity (Wildman–Crippen MR) is 75.4 cm³/mol. The van der Waals surface area contributed by atoms with Gasteiger partial charge in [-0.1, -0.05) is 30.8 Å². The molecule has 0 spiro atoms. The zero-order valence-corrected chi connectivity index (χ0v) is 12.4. The molecule has 1 heterocycles. The van der Waals surface area contributed by atoms with Gasteiger partial charge in [0.25, 0.3) is 0 Å². The molecule has 0 aromatic carbocycles. The van der Waals surface area contributed by atoms with E-state index in [-0.39, 0.29) is 5.60 Å². The van der Waals surface area contributed by atoms with Gasteiger partial charge >= 0.3 is 0 Å². The second-order valence-electron chi connectivity index (χ2n) is 6.10. The highest BCUT2D eigenvalue weighted by Gasteiger charge is 2.37. The molecule has 0 amide bonds. The Morgan fingerprint density at radius 3 is 2.65 bits per heavy atom. The van der Waals surface area contributed by atoms with Gasteiger partial charge in [-0.15, -0.1) is 0 Å². The molecule has 0 unspecified atom stereocenters. The first kappa shape index (κ1) is 14.0. The lowest BCUT2D eigenvalue weighted by Gasteiger charge is -2.27. The van der Waals surface area contributed by atoms with E-state index in [1.54, 1.807) is 7.11 Å². The van der Waals surface area contributed by atoms with Crippen molar-refractivity contribution in [2.45, 2.75) is 69.4 Å². The van der Waals surface area contributed by atoms with Gasteiger partial charge in [0.2, 0.25) is 11.7 Å². The lowest BCUT2D eigenvalue weighted by molar-refractivity contribution is -0.0365. The van der Waals surface area contributed by atoms with Crippen LogP contribution in [0.25, 0.3) is 0 Å². The average molecular weight is 279 g/mol. The molecular weight excluding hydrogens is 254 g/mol. The quantitative estimate of drug-likeness (QED) is 0.811. The molecule has 1 aromatic heterocycles. The first-order valence-corrected chi connectivity index (χ1v) is 7.94. The minimum atomic E-state index is -0.317. The van der Waals surface area contributed by atoms with Gasteiger partial charge in [-0.3, -0.25) is 0 Å². The van der Waals surface area contributed by atoms with Crippen LogP contribution in [0.4, 0.5) is 0 Å². The Bertz CT molecular complexity index is 421. The third-order valence-electron chi connectivity index (χ3n) is 4.53. The minimum absolute atomic E-state index is 0.317. The van der Waals surface area contributed by atoms with Gasteiger partial charge in [0.15, 0.2) is 0 Å². The molecule has 0 bridgehead atoms. The molecule has 112 valence electrons. The minimum Gasteiger partial charge on any atom is -0.370 e. The molecule has 0 saturated heterocycles. The van der Waals surface area contributed by atoms with Crippen LogP contribution in [0.15, 0.2) is 4.52 Å². The number of aromatic nitrogens is 2. The number of hydrogen-bond acceptors (Lipinski definition) is 5. The Kier molecular flexibility index (Phi) is 4.36. The van der Waals surface area contributed by atoms with Crippen LogP contribution in [0, 0.1) is 0 Å². The fourth-order valence-corrected chi connectivity index (χ4v) is 3.03. The topological polar surface area (TPSA) is 60.2 Å². The van der Waals surface area contributed by atoms with E-state index in [1.165, 1.54) is 38.5 Å². The van der Waals surface area contributed by atoms with Gasteiger partial charge in [0.1, 0.15) is 5.60 Å². The van der Waals surface area contributed by atoms with Crippen LogP contribution in [0.1, 0.15) is 63.1 Å². The third kappa shape index (κ3) is 3.20. The smallest absolute Gasteiger partial charge is 0.228 e. The third-order valence-corrected chi connectivity index (χ3v) is 4.53. The van der Waals surface area contributed by atoms with Gasteiger partial charge in [0, 0.05) is 26.1 Å². The summed E-state index contributed by atoms with van der Waals surface area (Å²) in [5.74, 6) is 1.48. The van der Waals surface area contributed by atoms with Crippen LogP contribution in [0.5, 0.6) is 0 Å². The van der Waals surface area contributed by atoms with E-state index >= 15 is 0 Å². The Morgan fingerprint density at radius 2 is 2.00 bits per heavy atom. The fraction of sp³-hybridized carbons (Fsp3) is 0.867. The number of ether oxygens (including phenoxy) is 1. The number of nitrogens with zero attached hydrogens (tertiary/aromatic N) is 2. The van der Waals surface area contributed by atoms with E-state index in [1.807, 2.05) is 0 Å². The zero-order chi connectivity index (χ0) is 13.8. The summed E-state index contributed by atoms with van der Waals surface area (Å²) >= 11 is 0. The number of nitrogens with one attached hydrogen (secondary N) is 1. The van der Waals surface area contributed by atoms with E-state index in [9.17, 15) is 0 Å². The highest BCUT2D eigenvalue weighted by Crippen LogP contribution is 2.37. The highest BCUT2D eigenvalue weighted by atomic mass is 16.5. The van der Waals surface area contributed by atoms with Gasteiger partial charge in [-0.2, -0.15) is 4.98 Å². The molecule has 2 aliphatic rings. The van der Waals surface area contributed by atoms with Crippen molar-refractivity contribution in [2.24, 2.45) is 0 Å². The molecule has 0 aliphatic heterocycles. The summed E-state index contributed by atoms with van der Waals surface area (Å²) in [6.45, 7) is 0.923. The first-order chi connectivity index (χ1) is 9.82. The summed E-state index contributed by atoms with van der Waals surface area (Å²) in [7, 11) is 1.77. The van der Waals surface area contributed by atoms with E-state index < -0.39 is 0 Å². The average Bonchev–Trinajstić information content (AvgIpc) is 3.22. The number of rotatable bonds is 6. The summed E-state index contributed by atoms with van der Waals surface area (Å²) in [6, 6.07) is 0.726. The van der Waals surface area contributed by atoms with Crippen molar-refractivity contribution in [2.75, 3.05) is 13.7 Å². The molecule has 5 nitrogen and oxygen atoms in total. The molecular formula is C15H25N3O2. The van der Waals surface area contributed by atoms with E-state index in [2.05, 4.69) is 15.5 Å². The van der Waals surface area contributed by atoms with Crippen molar-refractivity contribution in [1.82, 2.24) is 15.5 Å². The zero-order valence-electron chi connectivity index (χ0n) is 12.4. The monoisotopic (exact) mass is 279 g/mol. The molecule has 0 radical (unpaired) electrons. The maximum atomic E-state index is 5.81. The largest absolute Gasteiger partial charge is 0.370 e. The Labute approximate surface area is 120 Å². The molecule has 3 rings (SSSR count). The first-order valence-electron chi connectivity index (χ1n) is 7.94. The van der Waals surface area contributed by atoms with Crippen LogP contribution in [0.2, 0.25) is 0 Å². The standard InChI is InChI=1S/C15H25N3O2/c1-19-15(9-4-2-3-5-10-15)14-17-13(20-18-14)8-11-16-12-6-7-12/h12,16H,2-11H2,1H3. The fourth-order valence-electron chi connectivity index (χ4n) is 3.03. The summed E-state index contributed by atoms with van der Waals surface area (Å²) in [5, 5.41) is 7.67. The van der Waals surface area contributed by atoms with Crippen molar-refractivity contribution < 1.29 is 9.26 Å². The van der Waals surface area contributed by atoms with Crippen LogP contribution in [-0.4, -0.2) is 29.8 Å². The lowest BCUT2D eigenvalue weighted by atomic mass is 9.93. The van der Waals surface area contributed by atoms with Crippen LogP contribution in [0.3, 0.4) is 0 Å². The van der Waals surface area contributed by atoms with Gasteiger partial charge < -0.3 is 14.6 Å². The van der Waals surface area contributed by atoms with E-state index in [0.29, 0.717) is 0 Å². The van der Waals surface area contributed by atoms with Gasteiger partial charge in [-0.05, 0) is 25.7 Å². The van der Waals surface area contributed by atoms with E-state index in [4.69, 9.17) is 9.26 Å². The number of methoxy groups -OCH3 is 1. The molecule has 20 heavy (non-hydrogen) atoms. The van der Waals surface area contributed by atoms with Crippen molar-refractivity contribution >= 4 is 0 Å². The molecule has 1 N–H and O–H groups in total. The normalized spacial score (nSPS) is 22.6. The van der Waals surface area contributed by atoms with Crippen molar-refractivity contribution in [3.63, 3.8) is 0 Å². The predicted octanol–water partition coefficient (Wildman–Crippen LogP) is 2.56. The maximum Gasteiger partial charge on any atom is 0.228 e. The number of hydrogen-bond donors (Lipinski definition) is 1. The van der Waals surface area contributed by atoms with Crippen molar-refractivity contribution in [1.29, 1.82) is 0 Å². The summed E-state index contributed by atoms with van der Waals surface area (Å²) in [5.41, 5.74) is -0.317. The van der Waals surface area contributed by atoms with Crippen molar-refractivity contribution in [3.8, 4) is 0 Å². The summed E-state index contributed by atoms with van der Waals surface area (Å²) in [4.78, 5) is 4.59. The highest BCUT2D eigenvalue weighted by molar-refractivity contribution is 5.03. The maximum absolute atomic E-state index is 5.81. The van der Waals surface area contributed by atoms with Crippen molar-refractivity contribution in [3.05, 3.63) is 11.7 Å². The Morgan fingerprint density at radius 1 is 1.25 bits per heavy atom. The molecule has 2 aliphatic carbocycles. The molecule has 1 aromatic rings.